The maximum absolute atomic E-state index is 12.3. The number of carbonyl (C=O) groups excluding carboxylic acids is 1. The van der Waals surface area contributed by atoms with Crippen LogP contribution in [0.4, 0.5) is 0 Å². The van der Waals surface area contributed by atoms with Gasteiger partial charge in [0.15, 0.2) is 0 Å². The SMILES string of the molecule is Cl.Cl.O=C(CC1CNCCO1)N1CCN(Cc2cccs2)CC1. The Labute approximate surface area is 154 Å². The van der Waals surface area contributed by atoms with Crippen molar-refractivity contribution >= 4 is 42.1 Å². The molecule has 0 aliphatic carbocycles. The Morgan fingerprint density at radius 2 is 2.09 bits per heavy atom. The number of piperazine rings is 1. The highest BCUT2D eigenvalue weighted by Gasteiger charge is 2.24. The number of ether oxygens (including phenoxy) is 1. The summed E-state index contributed by atoms with van der Waals surface area (Å²) >= 11 is 1.80. The molecule has 2 fully saturated rings. The number of carbonyl (C=O) groups is 1. The molecule has 0 bridgehead atoms. The van der Waals surface area contributed by atoms with Crippen LogP contribution in [0.1, 0.15) is 11.3 Å². The van der Waals surface area contributed by atoms with Gasteiger partial charge >= 0.3 is 0 Å². The molecule has 0 saturated carbocycles. The molecule has 5 nitrogen and oxygen atoms in total. The minimum absolute atomic E-state index is 0. The molecule has 2 aliphatic heterocycles. The molecule has 0 aromatic carbocycles. The predicted molar refractivity (Wildman–Crippen MR) is 97.9 cm³/mol. The Balaban J connectivity index is 0.00000132. The summed E-state index contributed by atoms with van der Waals surface area (Å²) in [4.78, 5) is 18.1. The topological polar surface area (TPSA) is 44.8 Å². The van der Waals surface area contributed by atoms with Crippen LogP contribution in [0.3, 0.4) is 0 Å². The van der Waals surface area contributed by atoms with Gasteiger partial charge in [-0.1, -0.05) is 6.07 Å². The van der Waals surface area contributed by atoms with E-state index < -0.39 is 0 Å². The molecule has 2 saturated heterocycles. The lowest BCUT2D eigenvalue weighted by Crippen LogP contribution is -2.50. The third-order valence-electron chi connectivity index (χ3n) is 4.09. The normalized spacial score (nSPS) is 22.1. The summed E-state index contributed by atoms with van der Waals surface area (Å²) < 4.78 is 5.61. The van der Waals surface area contributed by atoms with Crippen LogP contribution in [-0.4, -0.2) is 67.7 Å². The second-order valence-electron chi connectivity index (χ2n) is 5.64. The number of thiophene rings is 1. The van der Waals surface area contributed by atoms with Gasteiger partial charge in [-0.05, 0) is 11.4 Å². The molecule has 0 spiro atoms. The van der Waals surface area contributed by atoms with Crippen molar-refractivity contribution in [2.45, 2.75) is 19.1 Å². The molecule has 1 unspecified atom stereocenters. The molecule has 1 aromatic rings. The Morgan fingerprint density at radius 1 is 1.30 bits per heavy atom. The standard InChI is InChI=1S/C15H23N3O2S.2ClH/c19-15(10-13-11-16-3-8-20-13)18-6-4-17(5-7-18)12-14-2-1-9-21-14;;/h1-2,9,13,16H,3-8,10-12H2;2*1H. The number of rotatable bonds is 4. The summed E-state index contributed by atoms with van der Waals surface area (Å²) in [6, 6.07) is 4.27. The van der Waals surface area contributed by atoms with Crippen molar-refractivity contribution in [1.29, 1.82) is 0 Å². The minimum Gasteiger partial charge on any atom is -0.375 e. The van der Waals surface area contributed by atoms with Gasteiger partial charge in [0, 0.05) is 50.7 Å². The summed E-state index contributed by atoms with van der Waals surface area (Å²) in [6.07, 6.45) is 0.563. The van der Waals surface area contributed by atoms with Gasteiger partial charge in [0.05, 0.1) is 19.1 Å². The number of hydrogen-bond donors (Lipinski definition) is 1. The quantitative estimate of drug-likeness (QED) is 0.860. The van der Waals surface area contributed by atoms with Crippen molar-refractivity contribution in [2.24, 2.45) is 0 Å². The second-order valence-corrected chi connectivity index (χ2v) is 6.67. The Hall–Kier alpha value is -0.370. The number of morpholine rings is 1. The molecule has 132 valence electrons. The van der Waals surface area contributed by atoms with Gasteiger partial charge in [0.2, 0.25) is 5.91 Å². The third kappa shape index (κ3) is 6.21. The first-order valence-corrected chi connectivity index (χ1v) is 8.54. The molecule has 0 radical (unpaired) electrons. The van der Waals surface area contributed by atoms with E-state index in [0.717, 1.165) is 45.8 Å². The van der Waals surface area contributed by atoms with Crippen LogP contribution in [0.2, 0.25) is 0 Å². The molecular weight excluding hydrogens is 357 g/mol. The molecular formula is C15H25Cl2N3O2S. The maximum atomic E-state index is 12.3. The van der Waals surface area contributed by atoms with Gasteiger partial charge in [0.1, 0.15) is 0 Å². The second kappa shape index (κ2) is 10.5. The van der Waals surface area contributed by atoms with Crippen molar-refractivity contribution < 1.29 is 9.53 Å². The molecule has 3 heterocycles. The lowest BCUT2D eigenvalue weighted by molar-refractivity contribution is -0.136. The van der Waals surface area contributed by atoms with Crippen LogP contribution < -0.4 is 5.32 Å². The number of halogens is 2. The van der Waals surface area contributed by atoms with Crippen molar-refractivity contribution in [1.82, 2.24) is 15.1 Å². The van der Waals surface area contributed by atoms with Crippen LogP contribution in [0.25, 0.3) is 0 Å². The lowest BCUT2D eigenvalue weighted by atomic mass is 10.2. The van der Waals surface area contributed by atoms with E-state index in [0.29, 0.717) is 13.0 Å². The predicted octanol–water partition coefficient (Wildman–Crippen LogP) is 1.61. The van der Waals surface area contributed by atoms with Crippen molar-refractivity contribution in [3.8, 4) is 0 Å². The van der Waals surface area contributed by atoms with Crippen LogP contribution in [-0.2, 0) is 16.1 Å². The average Bonchev–Trinajstić information content (AvgIpc) is 3.02. The number of nitrogens with one attached hydrogen (secondary N) is 1. The van der Waals surface area contributed by atoms with Gasteiger partial charge < -0.3 is 15.0 Å². The summed E-state index contributed by atoms with van der Waals surface area (Å²) in [5.41, 5.74) is 0. The van der Waals surface area contributed by atoms with Gasteiger partial charge in [-0.15, -0.1) is 36.2 Å². The Kier molecular flexibility index (Phi) is 9.43. The highest BCUT2D eigenvalue weighted by Crippen LogP contribution is 2.14. The molecule has 8 heteroatoms. The molecule has 1 N–H and O–H groups in total. The zero-order chi connectivity index (χ0) is 14.5. The molecule has 1 amide bonds. The maximum Gasteiger partial charge on any atom is 0.225 e. The fourth-order valence-electron chi connectivity index (χ4n) is 2.85. The fourth-order valence-corrected chi connectivity index (χ4v) is 3.60. The van der Waals surface area contributed by atoms with E-state index in [1.165, 1.54) is 4.88 Å². The van der Waals surface area contributed by atoms with Crippen LogP contribution in [0, 0.1) is 0 Å². The van der Waals surface area contributed by atoms with Gasteiger partial charge in [0.25, 0.3) is 0 Å². The molecule has 1 atom stereocenters. The van der Waals surface area contributed by atoms with Crippen LogP contribution in [0.5, 0.6) is 0 Å². The zero-order valence-corrected chi connectivity index (χ0v) is 15.6. The van der Waals surface area contributed by atoms with Crippen molar-refractivity contribution in [3.05, 3.63) is 22.4 Å². The molecule has 1 aromatic heterocycles. The van der Waals surface area contributed by atoms with Crippen LogP contribution in [0.15, 0.2) is 17.5 Å². The number of amides is 1. The summed E-state index contributed by atoms with van der Waals surface area (Å²) in [5, 5.41) is 5.39. The van der Waals surface area contributed by atoms with E-state index >= 15 is 0 Å². The highest BCUT2D eigenvalue weighted by molar-refractivity contribution is 7.09. The Bertz CT molecular complexity index is 448. The first-order valence-electron chi connectivity index (χ1n) is 7.66. The van der Waals surface area contributed by atoms with Crippen molar-refractivity contribution in [3.63, 3.8) is 0 Å². The van der Waals surface area contributed by atoms with E-state index in [1.807, 2.05) is 4.90 Å². The third-order valence-corrected chi connectivity index (χ3v) is 4.95. The largest absolute Gasteiger partial charge is 0.375 e. The minimum atomic E-state index is 0. The van der Waals surface area contributed by atoms with Gasteiger partial charge in [-0.3, -0.25) is 9.69 Å². The van der Waals surface area contributed by atoms with E-state index in [-0.39, 0.29) is 36.8 Å². The van der Waals surface area contributed by atoms with E-state index in [1.54, 1.807) is 11.3 Å². The summed E-state index contributed by atoms with van der Waals surface area (Å²) in [6.45, 7) is 7.02. The lowest BCUT2D eigenvalue weighted by Gasteiger charge is -2.35. The fraction of sp³-hybridized carbons (Fsp3) is 0.667. The smallest absolute Gasteiger partial charge is 0.225 e. The van der Waals surface area contributed by atoms with Gasteiger partial charge in [-0.25, -0.2) is 0 Å². The molecule has 3 rings (SSSR count). The van der Waals surface area contributed by atoms with Crippen LogP contribution >= 0.6 is 36.2 Å². The Morgan fingerprint density at radius 3 is 2.70 bits per heavy atom. The van der Waals surface area contributed by atoms with E-state index in [2.05, 4.69) is 27.7 Å². The monoisotopic (exact) mass is 381 g/mol. The summed E-state index contributed by atoms with van der Waals surface area (Å²) in [7, 11) is 0. The van der Waals surface area contributed by atoms with Gasteiger partial charge in [-0.2, -0.15) is 0 Å². The number of nitrogens with zero attached hydrogens (tertiary/aromatic N) is 2. The molecule has 23 heavy (non-hydrogen) atoms. The molecule has 2 aliphatic rings. The number of hydrogen-bond acceptors (Lipinski definition) is 5. The average molecular weight is 382 g/mol. The zero-order valence-electron chi connectivity index (χ0n) is 13.1. The van der Waals surface area contributed by atoms with Crippen molar-refractivity contribution in [2.75, 3.05) is 45.9 Å². The highest BCUT2D eigenvalue weighted by atomic mass is 35.5. The first-order chi connectivity index (χ1) is 10.3. The van der Waals surface area contributed by atoms with E-state index in [4.69, 9.17) is 4.74 Å². The van der Waals surface area contributed by atoms with E-state index in [9.17, 15) is 4.79 Å². The first kappa shape index (κ1) is 20.7. The summed E-state index contributed by atoms with van der Waals surface area (Å²) in [5.74, 6) is 0.236.